The van der Waals surface area contributed by atoms with Gasteiger partial charge in [-0.05, 0) is 18.2 Å². The van der Waals surface area contributed by atoms with Crippen LogP contribution in [0.15, 0.2) is 18.2 Å². The third kappa shape index (κ3) is 4.31. The number of nitrogens with zero attached hydrogens (tertiary/aromatic N) is 1. The number of carboxylic acid groups (broad SMARTS) is 1. The van der Waals surface area contributed by atoms with Crippen molar-refractivity contribution in [1.82, 2.24) is 10.2 Å². The third-order valence-corrected chi connectivity index (χ3v) is 3.93. The first-order valence-corrected chi connectivity index (χ1v) is 7.15. The van der Waals surface area contributed by atoms with Crippen molar-refractivity contribution < 1.29 is 14.7 Å². The van der Waals surface area contributed by atoms with Crippen molar-refractivity contribution in [3.05, 3.63) is 28.2 Å². The van der Waals surface area contributed by atoms with Crippen LogP contribution in [0.2, 0.25) is 10.0 Å². The zero-order chi connectivity index (χ0) is 15.4. The molecule has 0 radical (unpaired) electrons. The Balaban J connectivity index is 1.97. The quantitative estimate of drug-likeness (QED) is 0.774. The van der Waals surface area contributed by atoms with E-state index in [1.807, 2.05) is 0 Å². The lowest BCUT2D eigenvalue weighted by Crippen LogP contribution is -2.56. The Morgan fingerprint density at radius 2 is 2.14 bits per heavy atom. The van der Waals surface area contributed by atoms with Gasteiger partial charge in [0.15, 0.2) is 0 Å². The Bertz CT molecular complexity index is 553. The molecule has 0 bridgehead atoms. The summed E-state index contributed by atoms with van der Waals surface area (Å²) >= 11 is 11.7. The van der Waals surface area contributed by atoms with E-state index < -0.39 is 12.0 Å². The minimum atomic E-state index is -0.940. The first-order valence-electron chi connectivity index (χ1n) is 6.40. The van der Waals surface area contributed by atoms with Crippen LogP contribution in [0.25, 0.3) is 0 Å². The summed E-state index contributed by atoms with van der Waals surface area (Å²) in [6.45, 7) is 1.50. The second-order valence-electron chi connectivity index (χ2n) is 4.71. The van der Waals surface area contributed by atoms with Gasteiger partial charge in [-0.25, -0.2) is 0 Å². The van der Waals surface area contributed by atoms with Crippen LogP contribution in [0.5, 0.6) is 0 Å². The van der Waals surface area contributed by atoms with Gasteiger partial charge in [-0.3, -0.25) is 14.5 Å². The molecule has 1 aliphatic rings. The maximum atomic E-state index is 12.0. The number of hydrogen-bond acceptors (Lipinski definition) is 4. The average Bonchev–Trinajstić information content (AvgIpc) is 2.43. The summed E-state index contributed by atoms with van der Waals surface area (Å²) in [6.07, 6.45) is 0. The highest BCUT2D eigenvalue weighted by atomic mass is 35.5. The predicted molar refractivity (Wildman–Crippen MR) is 81.0 cm³/mol. The van der Waals surface area contributed by atoms with Gasteiger partial charge in [0.1, 0.15) is 6.04 Å². The van der Waals surface area contributed by atoms with Gasteiger partial charge in [-0.1, -0.05) is 23.2 Å². The second-order valence-corrected chi connectivity index (χ2v) is 5.52. The molecule has 21 heavy (non-hydrogen) atoms. The number of halogens is 2. The summed E-state index contributed by atoms with van der Waals surface area (Å²) in [5.41, 5.74) is 0.524. The van der Waals surface area contributed by atoms with Crippen molar-refractivity contribution >= 4 is 40.8 Å². The molecule has 1 aliphatic heterocycles. The van der Waals surface area contributed by atoms with Crippen LogP contribution >= 0.6 is 23.2 Å². The van der Waals surface area contributed by atoms with E-state index >= 15 is 0 Å². The molecule has 3 N–H and O–H groups in total. The number of aliphatic carboxylic acids is 1. The molecular formula is C13H15Cl2N3O3. The third-order valence-electron chi connectivity index (χ3n) is 3.19. The Kier molecular flexibility index (Phi) is 5.41. The first kappa shape index (κ1) is 16.0. The fraction of sp³-hybridized carbons (Fsp3) is 0.385. The molecule has 0 spiro atoms. The monoisotopic (exact) mass is 331 g/mol. The van der Waals surface area contributed by atoms with Crippen LogP contribution in [0, 0.1) is 0 Å². The topological polar surface area (TPSA) is 81.7 Å². The van der Waals surface area contributed by atoms with E-state index in [1.165, 1.54) is 0 Å². The van der Waals surface area contributed by atoms with Crippen molar-refractivity contribution in [3.8, 4) is 0 Å². The zero-order valence-electron chi connectivity index (χ0n) is 11.1. The second kappa shape index (κ2) is 7.09. The van der Waals surface area contributed by atoms with E-state index in [0.717, 1.165) is 0 Å². The number of carboxylic acids is 1. The summed E-state index contributed by atoms with van der Waals surface area (Å²) in [5.74, 6) is -1.23. The van der Waals surface area contributed by atoms with Crippen LogP contribution in [0.4, 0.5) is 5.69 Å². The molecule has 1 amide bonds. The molecule has 6 nitrogen and oxygen atoms in total. The fourth-order valence-corrected chi connectivity index (χ4v) is 2.44. The summed E-state index contributed by atoms with van der Waals surface area (Å²) in [5, 5.41) is 15.6. The van der Waals surface area contributed by atoms with E-state index in [2.05, 4.69) is 10.6 Å². The molecule has 8 heteroatoms. The molecule has 1 aromatic carbocycles. The minimum absolute atomic E-state index is 0.0128. The summed E-state index contributed by atoms with van der Waals surface area (Å²) in [6, 6.07) is 4.08. The molecule has 1 fully saturated rings. The van der Waals surface area contributed by atoms with E-state index in [0.29, 0.717) is 35.4 Å². The number of nitrogens with one attached hydrogen (secondary N) is 2. The van der Waals surface area contributed by atoms with Crippen molar-refractivity contribution in [2.75, 3.05) is 31.5 Å². The van der Waals surface area contributed by atoms with E-state index in [4.69, 9.17) is 28.3 Å². The molecule has 0 aromatic heterocycles. The largest absolute Gasteiger partial charge is 0.480 e. The van der Waals surface area contributed by atoms with Gasteiger partial charge >= 0.3 is 5.97 Å². The lowest BCUT2D eigenvalue weighted by molar-refractivity contribution is -0.144. The molecular weight excluding hydrogens is 317 g/mol. The fourth-order valence-electron chi connectivity index (χ4n) is 2.14. The summed E-state index contributed by atoms with van der Waals surface area (Å²) in [7, 11) is 0. The van der Waals surface area contributed by atoms with E-state index in [1.54, 1.807) is 23.1 Å². The number of piperazine rings is 1. The SMILES string of the molecule is O=C(CN1CCNCC1C(=O)O)Nc1ccc(Cl)c(Cl)c1. The maximum absolute atomic E-state index is 12.0. The van der Waals surface area contributed by atoms with Crippen LogP contribution in [0.3, 0.4) is 0 Å². The number of anilines is 1. The van der Waals surface area contributed by atoms with E-state index in [9.17, 15) is 9.59 Å². The highest BCUT2D eigenvalue weighted by Crippen LogP contribution is 2.24. The number of amides is 1. The van der Waals surface area contributed by atoms with Crippen molar-refractivity contribution in [2.24, 2.45) is 0 Å². The van der Waals surface area contributed by atoms with Crippen LogP contribution < -0.4 is 10.6 Å². The Labute approximate surface area is 132 Å². The summed E-state index contributed by atoms with van der Waals surface area (Å²) in [4.78, 5) is 24.8. The number of benzene rings is 1. The average molecular weight is 332 g/mol. The Hall–Kier alpha value is -1.34. The lowest BCUT2D eigenvalue weighted by Gasteiger charge is -2.32. The van der Waals surface area contributed by atoms with Gasteiger partial charge in [0.05, 0.1) is 16.6 Å². The number of carbonyl (C=O) groups excluding carboxylic acids is 1. The standard InChI is InChI=1S/C13H15Cl2N3O3/c14-9-2-1-8(5-10(9)15)17-12(19)7-18-4-3-16-6-11(18)13(20)21/h1-2,5,11,16H,3-4,6-7H2,(H,17,19)(H,20,21). The molecule has 1 heterocycles. The van der Waals surface area contributed by atoms with E-state index in [-0.39, 0.29) is 12.5 Å². The molecule has 2 rings (SSSR count). The molecule has 114 valence electrons. The number of hydrogen-bond donors (Lipinski definition) is 3. The highest BCUT2D eigenvalue weighted by molar-refractivity contribution is 6.42. The predicted octanol–water partition coefficient (Wildman–Crippen LogP) is 1.29. The molecule has 1 saturated heterocycles. The number of rotatable bonds is 4. The number of carbonyl (C=O) groups is 2. The van der Waals surface area contributed by atoms with Crippen LogP contribution in [-0.4, -0.2) is 54.1 Å². The lowest BCUT2D eigenvalue weighted by atomic mass is 10.2. The van der Waals surface area contributed by atoms with Crippen LogP contribution in [-0.2, 0) is 9.59 Å². The summed E-state index contributed by atoms with van der Waals surface area (Å²) < 4.78 is 0. The molecule has 1 atom stereocenters. The van der Waals surface area contributed by atoms with Gasteiger partial charge in [-0.2, -0.15) is 0 Å². The van der Waals surface area contributed by atoms with Gasteiger partial charge in [0, 0.05) is 25.3 Å². The Morgan fingerprint density at radius 1 is 1.38 bits per heavy atom. The molecule has 0 aliphatic carbocycles. The maximum Gasteiger partial charge on any atom is 0.322 e. The zero-order valence-corrected chi connectivity index (χ0v) is 12.6. The molecule has 0 saturated carbocycles. The first-order chi connectivity index (χ1) is 9.97. The minimum Gasteiger partial charge on any atom is -0.480 e. The van der Waals surface area contributed by atoms with Gasteiger partial charge in [0.25, 0.3) is 0 Å². The smallest absolute Gasteiger partial charge is 0.322 e. The van der Waals surface area contributed by atoms with Gasteiger partial charge < -0.3 is 15.7 Å². The van der Waals surface area contributed by atoms with Crippen molar-refractivity contribution in [1.29, 1.82) is 0 Å². The van der Waals surface area contributed by atoms with Gasteiger partial charge in [0.2, 0.25) is 5.91 Å². The highest BCUT2D eigenvalue weighted by Gasteiger charge is 2.29. The molecule has 1 unspecified atom stereocenters. The van der Waals surface area contributed by atoms with Gasteiger partial charge in [-0.15, -0.1) is 0 Å². The Morgan fingerprint density at radius 3 is 2.81 bits per heavy atom. The molecule has 1 aromatic rings. The van der Waals surface area contributed by atoms with Crippen LogP contribution in [0.1, 0.15) is 0 Å². The van der Waals surface area contributed by atoms with Crippen molar-refractivity contribution in [2.45, 2.75) is 6.04 Å². The normalized spacial score (nSPS) is 19.2. The van der Waals surface area contributed by atoms with Crippen molar-refractivity contribution in [3.63, 3.8) is 0 Å².